The maximum Gasteiger partial charge on any atom is 0.225 e. The molecule has 0 aromatic heterocycles. The highest BCUT2D eigenvalue weighted by molar-refractivity contribution is 5.78. The number of carbonyl (C=O) groups excluding carboxylic acids is 1. The van der Waals surface area contributed by atoms with Crippen LogP contribution in [-0.4, -0.2) is 23.9 Å². The standard InChI is InChI=1S/C14H27NO/c1-10(2)12(5)14(16)15-8-6-13(7-9-15)11(3)4/h10-13H,6-9H2,1-5H3. The minimum absolute atomic E-state index is 0.176. The van der Waals surface area contributed by atoms with Gasteiger partial charge >= 0.3 is 0 Å². The molecule has 94 valence electrons. The molecule has 2 heteroatoms. The van der Waals surface area contributed by atoms with E-state index in [9.17, 15) is 4.79 Å². The van der Waals surface area contributed by atoms with Crippen LogP contribution in [0.5, 0.6) is 0 Å². The molecule has 1 heterocycles. The molecule has 1 unspecified atom stereocenters. The maximum atomic E-state index is 12.1. The first-order valence-corrected chi connectivity index (χ1v) is 6.72. The Kier molecular flexibility index (Phi) is 4.82. The van der Waals surface area contributed by atoms with Crippen LogP contribution in [0.1, 0.15) is 47.5 Å². The lowest BCUT2D eigenvalue weighted by Crippen LogP contribution is -2.43. The van der Waals surface area contributed by atoms with Crippen LogP contribution < -0.4 is 0 Å². The van der Waals surface area contributed by atoms with Crippen LogP contribution in [0.4, 0.5) is 0 Å². The van der Waals surface area contributed by atoms with Crippen molar-refractivity contribution in [3.63, 3.8) is 0 Å². The molecule has 1 rings (SSSR count). The zero-order chi connectivity index (χ0) is 12.3. The van der Waals surface area contributed by atoms with Gasteiger partial charge in [0.05, 0.1) is 0 Å². The van der Waals surface area contributed by atoms with E-state index in [0.717, 1.165) is 24.9 Å². The first-order chi connectivity index (χ1) is 7.43. The number of rotatable bonds is 3. The Morgan fingerprint density at radius 2 is 1.56 bits per heavy atom. The first-order valence-electron chi connectivity index (χ1n) is 6.72. The Hall–Kier alpha value is -0.530. The third kappa shape index (κ3) is 3.23. The molecule has 0 aliphatic carbocycles. The fourth-order valence-corrected chi connectivity index (χ4v) is 2.36. The quantitative estimate of drug-likeness (QED) is 0.722. The van der Waals surface area contributed by atoms with Crippen molar-refractivity contribution in [2.75, 3.05) is 13.1 Å². The number of hydrogen-bond acceptors (Lipinski definition) is 1. The van der Waals surface area contributed by atoms with Gasteiger partial charge in [-0.25, -0.2) is 0 Å². The minimum atomic E-state index is 0.176. The van der Waals surface area contributed by atoms with Crippen molar-refractivity contribution < 1.29 is 4.79 Å². The van der Waals surface area contributed by atoms with E-state index in [2.05, 4.69) is 39.5 Å². The molecule has 0 saturated carbocycles. The summed E-state index contributed by atoms with van der Waals surface area (Å²) in [4.78, 5) is 14.2. The Balaban J connectivity index is 2.45. The van der Waals surface area contributed by atoms with Crippen LogP contribution in [0, 0.1) is 23.7 Å². The second kappa shape index (κ2) is 5.70. The van der Waals surface area contributed by atoms with Gasteiger partial charge in [-0.15, -0.1) is 0 Å². The van der Waals surface area contributed by atoms with Gasteiger partial charge in [-0.05, 0) is 30.6 Å². The van der Waals surface area contributed by atoms with Gasteiger partial charge in [-0.1, -0.05) is 34.6 Å². The normalized spacial score (nSPS) is 20.6. The second-order valence-electron chi connectivity index (χ2n) is 5.94. The van der Waals surface area contributed by atoms with Gasteiger partial charge in [-0.3, -0.25) is 4.79 Å². The molecule has 2 nitrogen and oxygen atoms in total. The second-order valence-corrected chi connectivity index (χ2v) is 5.94. The molecule has 1 saturated heterocycles. The molecule has 1 amide bonds. The van der Waals surface area contributed by atoms with E-state index in [4.69, 9.17) is 0 Å². The Labute approximate surface area is 100 Å². The highest BCUT2D eigenvalue weighted by Crippen LogP contribution is 2.26. The van der Waals surface area contributed by atoms with Crippen LogP contribution in [0.25, 0.3) is 0 Å². The molecule has 1 aliphatic rings. The van der Waals surface area contributed by atoms with Gasteiger partial charge in [0.1, 0.15) is 0 Å². The van der Waals surface area contributed by atoms with Gasteiger partial charge in [0.15, 0.2) is 0 Å². The van der Waals surface area contributed by atoms with Crippen LogP contribution >= 0.6 is 0 Å². The van der Waals surface area contributed by atoms with Gasteiger partial charge < -0.3 is 4.90 Å². The third-order valence-electron chi connectivity index (χ3n) is 4.18. The molecule has 1 fully saturated rings. The number of piperidine rings is 1. The Morgan fingerprint density at radius 1 is 1.06 bits per heavy atom. The van der Waals surface area contributed by atoms with Crippen LogP contribution in [-0.2, 0) is 4.79 Å². The van der Waals surface area contributed by atoms with Gasteiger partial charge in [0.2, 0.25) is 5.91 Å². The molecule has 0 radical (unpaired) electrons. The first kappa shape index (κ1) is 13.5. The summed E-state index contributed by atoms with van der Waals surface area (Å²) in [5.41, 5.74) is 0. The monoisotopic (exact) mass is 225 g/mol. The topological polar surface area (TPSA) is 20.3 Å². The van der Waals surface area contributed by atoms with E-state index < -0.39 is 0 Å². The molecular weight excluding hydrogens is 198 g/mol. The van der Waals surface area contributed by atoms with E-state index in [1.54, 1.807) is 0 Å². The predicted molar refractivity (Wildman–Crippen MR) is 68.1 cm³/mol. The van der Waals surface area contributed by atoms with E-state index in [1.165, 1.54) is 12.8 Å². The zero-order valence-electron chi connectivity index (χ0n) is 11.5. The molecule has 1 aliphatic heterocycles. The molecule has 0 aromatic rings. The van der Waals surface area contributed by atoms with E-state index in [1.807, 2.05) is 0 Å². The fraction of sp³-hybridized carbons (Fsp3) is 0.929. The lowest BCUT2D eigenvalue weighted by Gasteiger charge is -2.35. The van der Waals surface area contributed by atoms with Crippen LogP contribution in [0.2, 0.25) is 0 Å². The molecule has 0 spiro atoms. The number of nitrogens with zero attached hydrogens (tertiary/aromatic N) is 1. The van der Waals surface area contributed by atoms with Crippen molar-refractivity contribution in [2.24, 2.45) is 23.7 Å². The molecule has 0 aromatic carbocycles. The highest BCUT2D eigenvalue weighted by atomic mass is 16.2. The van der Waals surface area contributed by atoms with Crippen molar-refractivity contribution in [1.29, 1.82) is 0 Å². The largest absolute Gasteiger partial charge is 0.342 e. The van der Waals surface area contributed by atoms with Gasteiger partial charge in [0, 0.05) is 19.0 Å². The van der Waals surface area contributed by atoms with Crippen molar-refractivity contribution in [2.45, 2.75) is 47.5 Å². The molecular formula is C14H27NO. The smallest absolute Gasteiger partial charge is 0.225 e. The highest BCUT2D eigenvalue weighted by Gasteiger charge is 2.28. The maximum absolute atomic E-state index is 12.1. The predicted octanol–water partition coefficient (Wildman–Crippen LogP) is 3.17. The van der Waals surface area contributed by atoms with Crippen LogP contribution in [0.3, 0.4) is 0 Å². The van der Waals surface area contributed by atoms with Gasteiger partial charge in [-0.2, -0.15) is 0 Å². The van der Waals surface area contributed by atoms with E-state index >= 15 is 0 Å². The summed E-state index contributed by atoms with van der Waals surface area (Å²) in [5, 5.41) is 0. The van der Waals surface area contributed by atoms with Crippen LogP contribution in [0.15, 0.2) is 0 Å². The van der Waals surface area contributed by atoms with Crippen molar-refractivity contribution >= 4 is 5.91 Å². The summed E-state index contributed by atoms with van der Waals surface area (Å²) in [5.74, 6) is 2.57. The Bertz CT molecular complexity index is 227. The zero-order valence-corrected chi connectivity index (χ0v) is 11.5. The molecule has 0 N–H and O–H groups in total. The lowest BCUT2D eigenvalue weighted by atomic mass is 9.86. The molecule has 1 atom stereocenters. The fourth-order valence-electron chi connectivity index (χ4n) is 2.36. The average molecular weight is 225 g/mol. The lowest BCUT2D eigenvalue weighted by molar-refractivity contribution is -0.137. The third-order valence-corrected chi connectivity index (χ3v) is 4.18. The SMILES string of the molecule is CC(C)C1CCN(C(=O)C(C)C(C)C)CC1. The summed E-state index contributed by atoms with van der Waals surface area (Å²) in [6, 6.07) is 0. The summed E-state index contributed by atoms with van der Waals surface area (Å²) in [7, 11) is 0. The van der Waals surface area contributed by atoms with E-state index in [-0.39, 0.29) is 5.92 Å². The number of amides is 1. The van der Waals surface area contributed by atoms with E-state index in [0.29, 0.717) is 11.8 Å². The molecule has 16 heavy (non-hydrogen) atoms. The van der Waals surface area contributed by atoms with Crippen molar-refractivity contribution in [3.05, 3.63) is 0 Å². The summed E-state index contributed by atoms with van der Waals surface area (Å²) in [6.45, 7) is 12.8. The van der Waals surface area contributed by atoms with Crippen molar-refractivity contribution in [1.82, 2.24) is 4.90 Å². The summed E-state index contributed by atoms with van der Waals surface area (Å²) >= 11 is 0. The molecule has 0 bridgehead atoms. The number of carbonyl (C=O) groups is 1. The van der Waals surface area contributed by atoms with Gasteiger partial charge in [0.25, 0.3) is 0 Å². The summed E-state index contributed by atoms with van der Waals surface area (Å²) < 4.78 is 0. The average Bonchev–Trinajstić information content (AvgIpc) is 2.27. The number of likely N-dealkylation sites (tertiary alicyclic amines) is 1. The summed E-state index contributed by atoms with van der Waals surface area (Å²) in [6.07, 6.45) is 2.38. The minimum Gasteiger partial charge on any atom is -0.342 e. The van der Waals surface area contributed by atoms with Crippen molar-refractivity contribution in [3.8, 4) is 0 Å². The Morgan fingerprint density at radius 3 is 1.94 bits per heavy atom. The number of hydrogen-bond donors (Lipinski definition) is 0.